The summed E-state index contributed by atoms with van der Waals surface area (Å²) >= 11 is 0. The summed E-state index contributed by atoms with van der Waals surface area (Å²) < 4.78 is 10.8. The number of aromatic carboxylic acids is 1. The van der Waals surface area contributed by atoms with Crippen molar-refractivity contribution in [3.05, 3.63) is 83.2 Å². The Morgan fingerprint density at radius 2 is 1.69 bits per heavy atom. The van der Waals surface area contributed by atoms with Crippen molar-refractivity contribution in [3.63, 3.8) is 0 Å². The third kappa shape index (κ3) is 4.47. The number of carboxylic acids is 1. The zero-order valence-corrected chi connectivity index (χ0v) is 15.6. The molecule has 0 fully saturated rings. The third-order valence-electron chi connectivity index (χ3n) is 4.67. The number of aromatic hydroxyl groups is 1. The van der Waals surface area contributed by atoms with Crippen LogP contribution < -0.4 is 9.47 Å². The molecule has 2 N–H and O–H groups in total. The molecular weight excluding hydrogens is 372 g/mol. The topological polar surface area (TPSA) is 92.1 Å². The lowest BCUT2D eigenvalue weighted by Gasteiger charge is -2.23. The molecule has 0 spiro atoms. The van der Waals surface area contributed by atoms with Gasteiger partial charge in [0.25, 0.3) is 0 Å². The number of carboxylic acid groups (broad SMARTS) is 1. The summed E-state index contributed by atoms with van der Waals surface area (Å²) in [6.07, 6.45) is 3.54. The van der Waals surface area contributed by atoms with Crippen LogP contribution in [-0.2, 0) is 19.6 Å². The number of phenols is 1. The van der Waals surface area contributed by atoms with E-state index in [1.54, 1.807) is 12.3 Å². The van der Waals surface area contributed by atoms with Gasteiger partial charge in [0.2, 0.25) is 6.79 Å². The van der Waals surface area contributed by atoms with E-state index in [4.69, 9.17) is 9.47 Å². The standard InChI is InChI=1S/C22H20N2O5/c25-19-5-3-15(8-18(19)22(26)27)11-24(13-17-2-1-7-23-10-17)12-16-4-6-20-21(9-16)29-14-28-20/h1-10,25H,11-14H2,(H,26,27). The highest BCUT2D eigenvalue weighted by Gasteiger charge is 2.16. The van der Waals surface area contributed by atoms with E-state index < -0.39 is 5.97 Å². The fourth-order valence-corrected chi connectivity index (χ4v) is 3.33. The summed E-state index contributed by atoms with van der Waals surface area (Å²) in [4.78, 5) is 17.7. The molecule has 0 atom stereocenters. The highest BCUT2D eigenvalue weighted by Crippen LogP contribution is 2.33. The quantitative estimate of drug-likeness (QED) is 0.636. The first-order valence-corrected chi connectivity index (χ1v) is 9.13. The fraction of sp³-hybridized carbons (Fsp3) is 0.182. The number of rotatable bonds is 7. The molecule has 1 aliphatic rings. The van der Waals surface area contributed by atoms with E-state index in [1.165, 1.54) is 12.1 Å². The van der Waals surface area contributed by atoms with Gasteiger partial charge in [0, 0.05) is 32.0 Å². The normalized spacial score (nSPS) is 12.3. The van der Waals surface area contributed by atoms with Crippen molar-refractivity contribution >= 4 is 5.97 Å². The van der Waals surface area contributed by atoms with Crippen molar-refractivity contribution in [1.82, 2.24) is 9.88 Å². The zero-order valence-electron chi connectivity index (χ0n) is 15.6. The molecule has 0 saturated carbocycles. The van der Waals surface area contributed by atoms with Gasteiger partial charge >= 0.3 is 5.97 Å². The Kier molecular flexibility index (Phi) is 5.31. The highest BCUT2D eigenvalue weighted by atomic mass is 16.7. The molecule has 0 amide bonds. The van der Waals surface area contributed by atoms with Crippen molar-refractivity contribution < 1.29 is 24.5 Å². The van der Waals surface area contributed by atoms with Crippen LogP contribution >= 0.6 is 0 Å². The SMILES string of the molecule is O=C(O)c1cc(CN(Cc2cccnc2)Cc2ccc3c(c2)OCO3)ccc1O. The van der Waals surface area contributed by atoms with Crippen LogP contribution in [0, 0.1) is 0 Å². The smallest absolute Gasteiger partial charge is 0.339 e. The number of hydrogen-bond acceptors (Lipinski definition) is 6. The molecule has 0 aliphatic carbocycles. The maximum atomic E-state index is 11.3. The first-order chi connectivity index (χ1) is 14.1. The van der Waals surface area contributed by atoms with Crippen LogP contribution in [-0.4, -0.2) is 32.9 Å². The van der Waals surface area contributed by atoms with Gasteiger partial charge < -0.3 is 19.7 Å². The van der Waals surface area contributed by atoms with Gasteiger partial charge in [-0.3, -0.25) is 9.88 Å². The first kappa shape index (κ1) is 18.8. The molecule has 0 radical (unpaired) electrons. The average Bonchev–Trinajstić information content (AvgIpc) is 3.18. The van der Waals surface area contributed by atoms with Gasteiger partial charge in [0.05, 0.1) is 0 Å². The number of nitrogens with zero attached hydrogens (tertiary/aromatic N) is 2. The molecular formula is C22H20N2O5. The van der Waals surface area contributed by atoms with Crippen LogP contribution in [0.3, 0.4) is 0 Å². The van der Waals surface area contributed by atoms with E-state index in [1.807, 2.05) is 36.5 Å². The van der Waals surface area contributed by atoms with Crippen LogP contribution in [0.25, 0.3) is 0 Å². The summed E-state index contributed by atoms with van der Waals surface area (Å²) in [6.45, 7) is 1.98. The molecule has 7 heteroatoms. The van der Waals surface area contributed by atoms with Gasteiger partial charge in [-0.05, 0) is 47.0 Å². The minimum Gasteiger partial charge on any atom is -0.507 e. The number of pyridine rings is 1. The van der Waals surface area contributed by atoms with E-state index in [2.05, 4.69) is 9.88 Å². The lowest BCUT2D eigenvalue weighted by atomic mass is 10.1. The number of aromatic nitrogens is 1. The largest absolute Gasteiger partial charge is 0.507 e. The molecule has 0 bridgehead atoms. The molecule has 1 aromatic heterocycles. The second-order valence-electron chi connectivity index (χ2n) is 6.85. The number of fused-ring (bicyclic) bond motifs is 1. The van der Waals surface area contributed by atoms with Crippen molar-refractivity contribution in [1.29, 1.82) is 0 Å². The lowest BCUT2D eigenvalue weighted by molar-refractivity contribution is 0.0693. The van der Waals surface area contributed by atoms with Gasteiger partial charge in [-0.2, -0.15) is 0 Å². The Bertz CT molecular complexity index is 1020. The first-order valence-electron chi connectivity index (χ1n) is 9.13. The summed E-state index contributed by atoms with van der Waals surface area (Å²) in [6, 6.07) is 14.4. The molecule has 2 heterocycles. The summed E-state index contributed by atoms with van der Waals surface area (Å²) in [5.74, 6) is 0.0635. The molecule has 1 aliphatic heterocycles. The van der Waals surface area contributed by atoms with Gasteiger partial charge in [-0.1, -0.05) is 18.2 Å². The molecule has 0 unspecified atom stereocenters. The van der Waals surface area contributed by atoms with Crippen molar-refractivity contribution in [2.45, 2.75) is 19.6 Å². The molecule has 7 nitrogen and oxygen atoms in total. The fourth-order valence-electron chi connectivity index (χ4n) is 3.33. The van der Waals surface area contributed by atoms with E-state index in [-0.39, 0.29) is 18.1 Å². The van der Waals surface area contributed by atoms with Crippen molar-refractivity contribution in [2.75, 3.05) is 6.79 Å². The van der Waals surface area contributed by atoms with Crippen LogP contribution in [0.15, 0.2) is 60.9 Å². The Balaban J connectivity index is 1.58. The van der Waals surface area contributed by atoms with Crippen LogP contribution in [0.4, 0.5) is 0 Å². The summed E-state index contributed by atoms with van der Waals surface area (Å²) in [5, 5.41) is 19.0. The van der Waals surface area contributed by atoms with E-state index in [0.717, 1.165) is 28.2 Å². The minimum atomic E-state index is -1.15. The number of benzene rings is 2. The van der Waals surface area contributed by atoms with Crippen molar-refractivity contribution in [3.8, 4) is 17.2 Å². The lowest BCUT2D eigenvalue weighted by Crippen LogP contribution is -2.22. The van der Waals surface area contributed by atoms with Crippen molar-refractivity contribution in [2.24, 2.45) is 0 Å². The third-order valence-corrected chi connectivity index (χ3v) is 4.67. The highest BCUT2D eigenvalue weighted by molar-refractivity contribution is 5.90. The Morgan fingerprint density at radius 1 is 0.966 bits per heavy atom. The number of hydrogen-bond donors (Lipinski definition) is 2. The maximum Gasteiger partial charge on any atom is 0.339 e. The van der Waals surface area contributed by atoms with Crippen LogP contribution in [0.2, 0.25) is 0 Å². The van der Waals surface area contributed by atoms with Gasteiger partial charge in [-0.15, -0.1) is 0 Å². The van der Waals surface area contributed by atoms with Crippen LogP contribution in [0.1, 0.15) is 27.0 Å². The second-order valence-corrected chi connectivity index (χ2v) is 6.85. The maximum absolute atomic E-state index is 11.3. The summed E-state index contributed by atoms with van der Waals surface area (Å²) in [7, 11) is 0. The molecule has 4 rings (SSSR count). The second kappa shape index (κ2) is 8.20. The average molecular weight is 392 g/mol. The Morgan fingerprint density at radius 3 is 2.45 bits per heavy atom. The number of carbonyl (C=O) groups is 1. The molecule has 148 valence electrons. The van der Waals surface area contributed by atoms with E-state index >= 15 is 0 Å². The van der Waals surface area contributed by atoms with Crippen LogP contribution in [0.5, 0.6) is 17.2 Å². The molecule has 3 aromatic rings. The van der Waals surface area contributed by atoms with Gasteiger partial charge in [-0.25, -0.2) is 4.79 Å². The minimum absolute atomic E-state index is 0.105. The molecule has 29 heavy (non-hydrogen) atoms. The zero-order chi connectivity index (χ0) is 20.2. The molecule has 2 aromatic carbocycles. The van der Waals surface area contributed by atoms with E-state index in [9.17, 15) is 15.0 Å². The Labute approximate surface area is 167 Å². The van der Waals surface area contributed by atoms with E-state index in [0.29, 0.717) is 19.6 Å². The monoisotopic (exact) mass is 392 g/mol. The number of ether oxygens (including phenoxy) is 2. The molecule has 0 saturated heterocycles. The van der Waals surface area contributed by atoms with Gasteiger partial charge in [0.15, 0.2) is 11.5 Å². The Hall–Kier alpha value is -3.58. The summed E-state index contributed by atoms with van der Waals surface area (Å²) in [5.41, 5.74) is 2.79. The predicted molar refractivity (Wildman–Crippen MR) is 105 cm³/mol. The predicted octanol–water partition coefficient (Wildman–Crippen LogP) is 3.42. The van der Waals surface area contributed by atoms with Gasteiger partial charge in [0.1, 0.15) is 11.3 Å².